The van der Waals surface area contributed by atoms with E-state index >= 15 is 0 Å². The van der Waals surface area contributed by atoms with E-state index in [1.54, 1.807) is 6.92 Å². The lowest BCUT2D eigenvalue weighted by molar-refractivity contribution is -0.140. The Hall–Kier alpha value is -1.78. The van der Waals surface area contributed by atoms with Gasteiger partial charge in [0.25, 0.3) is 0 Å². The monoisotopic (exact) mass is 197 g/mol. The second kappa shape index (κ2) is 3.53. The third-order valence-corrected chi connectivity index (χ3v) is 2.18. The van der Waals surface area contributed by atoms with Crippen molar-refractivity contribution in [2.45, 2.75) is 19.9 Å². The number of rotatable bonds is 3. The molecule has 5 heteroatoms. The molecule has 2 N–H and O–H groups in total. The minimum atomic E-state index is -1.04. The lowest BCUT2D eigenvalue weighted by Crippen LogP contribution is -2.16. The molecule has 0 aliphatic heterocycles. The average Bonchev–Trinajstić information content (AvgIpc) is 2.45. The van der Waals surface area contributed by atoms with Crippen LogP contribution in [0.3, 0.4) is 0 Å². The summed E-state index contributed by atoms with van der Waals surface area (Å²) in [6, 6.07) is 0.653. The number of nitrogens with zero attached hydrogens (tertiary/aromatic N) is 1. The largest absolute Gasteiger partial charge is 0.480 e. The minimum Gasteiger partial charge on any atom is -0.480 e. The van der Waals surface area contributed by atoms with Crippen LogP contribution in [-0.2, 0) is 4.79 Å². The standard InChI is InChI=1S/C9H11NO4/c1-5-7(9(13)14)3-4-10(5)6(2)8(11)12/h3-4,6H,1-2H3,(H,11,12)(H,13,14). The van der Waals surface area contributed by atoms with Gasteiger partial charge < -0.3 is 14.8 Å². The van der Waals surface area contributed by atoms with Crippen molar-refractivity contribution in [2.75, 3.05) is 0 Å². The lowest BCUT2D eigenvalue weighted by atomic mass is 10.2. The minimum absolute atomic E-state index is 0.137. The molecule has 14 heavy (non-hydrogen) atoms. The molecule has 0 aliphatic carbocycles. The van der Waals surface area contributed by atoms with Crippen LogP contribution in [0.25, 0.3) is 0 Å². The number of hydrogen-bond donors (Lipinski definition) is 2. The van der Waals surface area contributed by atoms with E-state index in [2.05, 4.69) is 0 Å². The van der Waals surface area contributed by atoms with E-state index < -0.39 is 18.0 Å². The molecule has 1 heterocycles. The summed E-state index contributed by atoms with van der Waals surface area (Å²) in [7, 11) is 0. The van der Waals surface area contributed by atoms with E-state index in [-0.39, 0.29) is 5.56 Å². The summed E-state index contributed by atoms with van der Waals surface area (Å²) in [5.74, 6) is -2.03. The van der Waals surface area contributed by atoms with E-state index in [9.17, 15) is 9.59 Å². The van der Waals surface area contributed by atoms with Crippen LogP contribution in [0.2, 0.25) is 0 Å². The maximum Gasteiger partial charge on any atom is 0.337 e. The van der Waals surface area contributed by atoms with Gasteiger partial charge in [0.2, 0.25) is 0 Å². The molecule has 1 aromatic rings. The highest BCUT2D eigenvalue weighted by Gasteiger charge is 2.18. The Morgan fingerprint density at radius 1 is 1.43 bits per heavy atom. The molecule has 0 aliphatic rings. The molecular formula is C9H11NO4. The van der Waals surface area contributed by atoms with Crippen molar-refractivity contribution in [3.63, 3.8) is 0 Å². The molecule has 0 saturated heterocycles. The van der Waals surface area contributed by atoms with E-state index in [1.807, 2.05) is 0 Å². The van der Waals surface area contributed by atoms with Crippen LogP contribution in [0.4, 0.5) is 0 Å². The molecule has 0 spiro atoms. The van der Waals surface area contributed by atoms with Crippen molar-refractivity contribution in [3.05, 3.63) is 23.5 Å². The van der Waals surface area contributed by atoms with Gasteiger partial charge in [-0.2, -0.15) is 0 Å². The van der Waals surface area contributed by atoms with Gasteiger partial charge in [0.1, 0.15) is 6.04 Å². The number of carboxylic acid groups (broad SMARTS) is 2. The number of aromatic carboxylic acids is 1. The molecule has 0 radical (unpaired) electrons. The predicted octanol–water partition coefficient (Wildman–Crippen LogP) is 1.14. The fraction of sp³-hybridized carbons (Fsp3) is 0.333. The Morgan fingerprint density at radius 3 is 2.36 bits per heavy atom. The highest BCUT2D eigenvalue weighted by atomic mass is 16.4. The van der Waals surface area contributed by atoms with Crippen LogP contribution in [0.5, 0.6) is 0 Å². The van der Waals surface area contributed by atoms with Crippen LogP contribution in [0.15, 0.2) is 12.3 Å². The molecule has 0 bridgehead atoms. The van der Waals surface area contributed by atoms with Gasteiger partial charge in [-0.3, -0.25) is 0 Å². The van der Waals surface area contributed by atoms with Crippen molar-refractivity contribution in [3.8, 4) is 0 Å². The maximum atomic E-state index is 10.7. The SMILES string of the molecule is Cc1c(C(=O)O)ccn1C(C)C(=O)O. The van der Waals surface area contributed by atoms with E-state index in [1.165, 1.54) is 23.8 Å². The average molecular weight is 197 g/mol. The topological polar surface area (TPSA) is 79.5 Å². The first kappa shape index (κ1) is 10.3. The van der Waals surface area contributed by atoms with Gasteiger partial charge in [0.15, 0.2) is 0 Å². The summed E-state index contributed by atoms with van der Waals surface area (Å²) < 4.78 is 1.42. The third-order valence-electron chi connectivity index (χ3n) is 2.18. The first-order valence-electron chi connectivity index (χ1n) is 4.08. The summed E-state index contributed by atoms with van der Waals surface area (Å²) in [5, 5.41) is 17.5. The van der Waals surface area contributed by atoms with Crippen molar-refractivity contribution in [1.29, 1.82) is 0 Å². The third kappa shape index (κ3) is 1.61. The zero-order chi connectivity index (χ0) is 10.9. The van der Waals surface area contributed by atoms with E-state index in [0.717, 1.165) is 0 Å². The highest BCUT2D eigenvalue weighted by Crippen LogP contribution is 2.15. The fourth-order valence-electron chi connectivity index (χ4n) is 1.29. The zero-order valence-electron chi connectivity index (χ0n) is 7.89. The smallest absolute Gasteiger partial charge is 0.337 e. The summed E-state index contributed by atoms with van der Waals surface area (Å²) >= 11 is 0. The number of aliphatic carboxylic acids is 1. The predicted molar refractivity (Wildman–Crippen MR) is 48.5 cm³/mol. The summed E-state index contributed by atoms with van der Waals surface area (Å²) in [6.07, 6.45) is 1.47. The van der Waals surface area contributed by atoms with Crippen LogP contribution in [0.1, 0.15) is 29.0 Å². The number of carboxylic acids is 2. The lowest BCUT2D eigenvalue weighted by Gasteiger charge is -2.10. The quantitative estimate of drug-likeness (QED) is 0.761. The summed E-state index contributed by atoms with van der Waals surface area (Å²) in [6.45, 7) is 3.09. The van der Waals surface area contributed by atoms with Gasteiger partial charge >= 0.3 is 11.9 Å². The van der Waals surface area contributed by atoms with E-state index in [0.29, 0.717) is 5.69 Å². The van der Waals surface area contributed by atoms with Crippen LogP contribution in [0, 0.1) is 6.92 Å². The van der Waals surface area contributed by atoms with Crippen LogP contribution in [-0.4, -0.2) is 26.7 Å². The van der Waals surface area contributed by atoms with Crippen molar-refractivity contribution < 1.29 is 19.8 Å². The van der Waals surface area contributed by atoms with Gasteiger partial charge in [-0.25, -0.2) is 9.59 Å². The van der Waals surface area contributed by atoms with Crippen molar-refractivity contribution in [1.82, 2.24) is 4.57 Å². The fourth-order valence-corrected chi connectivity index (χ4v) is 1.29. The van der Waals surface area contributed by atoms with E-state index in [4.69, 9.17) is 10.2 Å². The Morgan fingerprint density at radius 2 is 2.00 bits per heavy atom. The molecular weight excluding hydrogens is 186 g/mol. The Bertz CT molecular complexity index is 380. The molecule has 1 unspecified atom stereocenters. The molecule has 0 fully saturated rings. The highest BCUT2D eigenvalue weighted by molar-refractivity contribution is 5.89. The second-order valence-electron chi connectivity index (χ2n) is 3.04. The molecule has 0 saturated carbocycles. The summed E-state index contributed by atoms with van der Waals surface area (Å²) in [5.41, 5.74) is 0.588. The second-order valence-corrected chi connectivity index (χ2v) is 3.04. The van der Waals surface area contributed by atoms with Gasteiger partial charge in [-0.15, -0.1) is 0 Å². The number of carbonyl (C=O) groups is 2. The molecule has 1 rings (SSSR count). The maximum absolute atomic E-state index is 10.7. The Kier molecular flexibility index (Phi) is 2.60. The van der Waals surface area contributed by atoms with Crippen LogP contribution >= 0.6 is 0 Å². The van der Waals surface area contributed by atoms with Gasteiger partial charge in [-0.1, -0.05) is 0 Å². The van der Waals surface area contributed by atoms with Crippen molar-refractivity contribution >= 4 is 11.9 Å². The van der Waals surface area contributed by atoms with Crippen molar-refractivity contribution in [2.24, 2.45) is 0 Å². The molecule has 1 atom stereocenters. The van der Waals surface area contributed by atoms with Gasteiger partial charge in [-0.05, 0) is 19.9 Å². The molecule has 5 nitrogen and oxygen atoms in total. The molecule has 0 aromatic carbocycles. The molecule has 1 aromatic heterocycles. The zero-order valence-corrected chi connectivity index (χ0v) is 7.89. The summed E-state index contributed by atoms with van der Waals surface area (Å²) in [4.78, 5) is 21.3. The normalized spacial score (nSPS) is 12.4. The molecule has 0 amide bonds. The molecule has 76 valence electrons. The Labute approximate surface area is 80.6 Å². The van der Waals surface area contributed by atoms with Gasteiger partial charge in [0, 0.05) is 11.9 Å². The first-order chi connectivity index (χ1) is 6.45. The number of hydrogen-bond acceptors (Lipinski definition) is 2. The number of aromatic nitrogens is 1. The Balaban J connectivity index is 3.13. The van der Waals surface area contributed by atoms with Crippen LogP contribution < -0.4 is 0 Å². The first-order valence-corrected chi connectivity index (χ1v) is 4.08. The van der Waals surface area contributed by atoms with Gasteiger partial charge in [0.05, 0.1) is 5.56 Å².